The number of hydrogen-bond acceptors (Lipinski definition) is 5. The van der Waals surface area contributed by atoms with E-state index < -0.39 is 4.92 Å². The molecule has 1 aromatic carbocycles. The number of rotatable bonds is 8. The Bertz CT molecular complexity index is 694. The van der Waals surface area contributed by atoms with Gasteiger partial charge in [-0.3, -0.25) is 20.1 Å². The third-order valence-electron chi connectivity index (χ3n) is 3.45. The quantitative estimate of drug-likeness (QED) is 0.137. The van der Waals surface area contributed by atoms with E-state index in [4.69, 9.17) is 0 Å². The summed E-state index contributed by atoms with van der Waals surface area (Å²) in [7, 11) is 1.72. The molecule has 0 bridgehead atoms. The molecule has 9 heteroatoms. The number of benzene rings is 1. The number of nitrogens with one attached hydrogen (secondary N) is 3. The minimum atomic E-state index is -0.411. The molecule has 0 fully saturated rings. The first-order valence-corrected chi connectivity index (χ1v) is 8.02. The van der Waals surface area contributed by atoms with E-state index in [9.17, 15) is 10.1 Å². The average molecular weight is 470 g/mol. The molecule has 2 aromatic rings. The molecule has 0 saturated heterocycles. The van der Waals surface area contributed by atoms with Crippen molar-refractivity contribution in [2.45, 2.75) is 6.42 Å². The number of guanidine groups is 1. The predicted octanol–water partition coefficient (Wildman–Crippen LogP) is 2.43. The van der Waals surface area contributed by atoms with Crippen LogP contribution in [0.2, 0.25) is 0 Å². The van der Waals surface area contributed by atoms with Crippen molar-refractivity contribution in [1.82, 2.24) is 15.6 Å². The van der Waals surface area contributed by atoms with Crippen molar-refractivity contribution in [3.05, 3.63) is 64.5 Å². The number of nitrogens with zero attached hydrogens (tertiary/aromatic N) is 3. The fourth-order valence-electron chi connectivity index (χ4n) is 2.16. The molecule has 3 N–H and O–H groups in total. The van der Waals surface area contributed by atoms with Gasteiger partial charge in [-0.15, -0.1) is 24.0 Å². The zero-order valence-electron chi connectivity index (χ0n) is 14.5. The van der Waals surface area contributed by atoms with E-state index in [1.165, 1.54) is 12.1 Å². The number of nitro groups is 1. The number of non-ortho nitro benzene ring substituents is 1. The third-order valence-corrected chi connectivity index (χ3v) is 3.45. The lowest BCUT2D eigenvalue weighted by atomic mass is 10.3. The zero-order chi connectivity index (χ0) is 17.9. The summed E-state index contributed by atoms with van der Waals surface area (Å²) >= 11 is 0. The van der Waals surface area contributed by atoms with Gasteiger partial charge < -0.3 is 16.0 Å². The summed E-state index contributed by atoms with van der Waals surface area (Å²) in [6.45, 7) is 2.07. The number of hydrogen-bond donors (Lipinski definition) is 3. The Hall–Kier alpha value is -2.43. The molecule has 0 saturated carbocycles. The van der Waals surface area contributed by atoms with E-state index in [0.717, 1.165) is 30.3 Å². The van der Waals surface area contributed by atoms with E-state index in [-0.39, 0.29) is 29.7 Å². The lowest BCUT2D eigenvalue weighted by Crippen LogP contribution is -2.40. The standard InChI is InChI=1S/C17H22N6O2.HI/c1-18-17(21-11-9-14-4-2-3-10-19-14)22-13-12-20-15-5-7-16(8-6-15)23(24)25;/h2-8,10,20H,9,11-13H2,1H3,(H2,18,21,22);1H. The molecule has 1 aromatic heterocycles. The number of halogens is 1. The molecule has 0 aliphatic rings. The second-order valence-corrected chi connectivity index (χ2v) is 5.23. The Morgan fingerprint density at radius 2 is 1.85 bits per heavy atom. The van der Waals surface area contributed by atoms with Gasteiger partial charge in [-0.2, -0.15) is 0 Å². The molecule has 2 rings (SSSR count). The van der Waals surface area contributed by atoms with Gasteiger partial charge in [0.25, 0.3) is 5.69 Å². The van der Waals surface area contributed by atoms with Crippen LogP contribution in [-0.4, -0.2) is 42.5 Å². The summed E-state index contributed by atoms with van der Waals surface area (Å²) in [4.78, 5) is 18.6. The molecule has 1 heterocycles. The monoisotopic (exact) mass is 470 g/mol. The summed E-state index contributed by atoms with van der Waals surface area (Å²) in [5.74, 6) is 0.724. The average Bonchev–Trinajstić information content (AvgIpc) is 2.65. The molecule has 0 aliphatic carbocycles. The number of pyridine rings is 1. The third kappa shape index (κ3) is 7.64. The van der Waals surface area contributed by atoms with Crippen LogP contribution >= 0.6 is 24.0 Å². The maximum Gasteiger partial charge on any atom is 0.269 e. The van der Waals surface area contributed by atoms with Crippen LogP contribution in [0.5, 0.6) is 0 Å². The molecule has 0 atom stereocenters. The number of anilines is 1. The summed E-state index contributed by atoms with van der Waals surface area (Å²) in [5, 5.41) is 20.2. The highest BCUT2D eigenvalue weighted by Gasteiger charge is 2.03. The van der Waals surface area contributed by atoms with Gasteiger partial charge in [0.05, 0.1) is 4.92 Å². The maximum absolute atomic E-state index is 10.6. The van der Waals surface area contributed by atoms with Crippen molar-refractivity contribution in [2.75, 3.05) is 32.0 Å². The van der Waals surface area contributed by atoms with Gasteiger partial charge in [-0.25, -0.2) is 0 Å². The predicted molar refractivity (Wildman–Crippen MR) is 114 cm³/mol. The van der Waals surface area contributed by atoms with Crippen molar-refractivity contribution in [3.8, 4) is 0 Å². The van der Waals surface area contributed by atoms with Crippen molar-refractivity contribution in [3.63, 3.8) is 0 Å². The molecule has 0 amide bonds. The zero-order valence-corrected chi connectivity index (χ0v) is 16.8. The topological polar surface area (TPSA) is 104 Å². The maximum atomic E-state index is 10.6. The molecule has 0 spiro atoms. The van der Waals surface area contributed by atoms with Crippen LogP contribution in [0.3, 0.4) is 0 Å². The van der Waals surface area contributed by atoms with Crippen LogP contribution < -0.4 is 16.0 Å². The van der Waals surface area contributed by atoms with E-state index in [0.29, 0.717) is 13.1 Å². The van der Waals surface area contributed by atoms with Crippen LogP contribution in [0.15, 0.2) is 53.7 Å². The van der Waals surface area contributed by atoms with Crippen LogP contribution in [0.25, 0.3) is 0 Å². The van der Waals surface area contributed by atoms with Gasteiger partial charge in [0, 0.05) is 62.8 Å². The first kappa shape index (κ1) is 21.6. The SMILES string of the molecule is CN=C(NCCNc1ccc([N+](=O)[O-])cc1)NCCc1ccccn1.I. The summed E-state index contributed by atoms with van der Waals surface area (Å²) in [6.07, 6.45) is 2.61. The number of aromatic nitrogens is 1. The van der Waals surface area contributed by atoms with E-state index in [1.54, 1.807) is 25.4 Å². The summed E-state index contributed by atoms with van der Waals surface area (Å²) in [5.41, 5.74) is 1.96. The van der Waals surface area contributed by atoms with Gasteiger partial charge in [0.15, 0.2) is 5.96 Å². The van der Waals surface area contributed by atoms with Crippen LogP contribution in [0.4, 0.5) is 11.4 Å². The van der Waals surface area contributed by atoms with Crippen LogP contribution in [0.1, 0.15) is 5.69 Å². The summed E-state index contributed by atoms with van der Waals surface area (Å²) in [6, 6.07) is 12.2. The smallest absolute Gasteiger partial charge is 0.269 e. The highest BCUT2D eigenvalue weighted by atomic mass is 127. The van der Waals surface area contributed by atoms with Crippen LogP contribution in [-0.2, 0) is 6.42 Å². The van der Waals surface area contributed by atoms with Gasteiger partial charge in [0.1, 0.15) is 0 Å². The van der Waals surface area contributed by atoms with Crippen LogP contribution in [0, 0.1) is 10.1 Å². The molecule has 26 heavy (non-hydrogen) atoms. The number of aliphatic imine (C=N–C) groups is 1. The van der Waals surface area contributed by atoms with Gasteiger partial charge >= 0.3 is 0 Å². The molecule has 8 nitrogen and oxygen atoms in total. The molecular weight excluding hydrogens is 447 g/mol. The minimum Gasteiger partial charge on any atom is -0.383 e. The molecular formula is C17H23IN6O2. The fourth-order valence-corrected chi connectivity index (χ4v) is 2.16. The van der Waals surface area contributed by atoms with E-state index >= 15 is 0 Å². The Morgan fingerprint density at radius 1 is 1.12 bits per heavy atom. The lowest BCUT2D eigenvalue weighted by molar-refractivity contribution is -0.384. The van der Waals surface area contributed by atoms with Gasteiger partial charge in [0.2, 0.25) is 0 Å². The highest BCUT2D eigenvalue weighted by molar-refractivity contribution is 14.0. The van der Waals surface area contributed by atoms with Crippen molar-refractivity contribution in [2.24, 2.45) is 4.99 Å². The normalized spacial score (nSPS) is 10.6. The molecule has 0 unspecified atom stereocenters. The Kier molecular flexibility index (Phi) is 9.98. The first-order valence-electron chi connectivity index (χ1n) is 8.02. The lowest BCUT2D eigenvalue weighted by Gasteiger charge is -2.12. The molecule has 0 radical (unpaired) electrons. The summed E-state index contributed by atoms with van der Waals surface area (Å²) < 4.78 is 0. The van der Waals surface area contributed by atoms with E-state index in [1.807, 2.05) is 18.2 Å². The Labute approximate surface area is 169 Å². The largest absolute Gasteiger partial charge is 0.383 e. The van der Waals surface area contributed by atoms with Crippen molar-refractivity contribution < 1.29 is 4.92 Å². The van der Waals surface area contributed by atoms with Crippen molar-refractivity contribution >= 4 is 41.3 Å². The number of nitro benzene ring substituents is 1. The Balaban J connectivity index is 0.00000338. The molecule has 0 aliphatic heterocycles. The second-order valence-electron chi connectivity index (χ2n) is 5.23. The Morgan fingerprint density at radius 3 is 2.46 bits per heavy atom. The van der Waals surface area contributed by atoms with Crippen molar-refractivity contribution in [1.29, 1.82) is 0 Å². The second kappa shape index (κ2) is 12.0. The minimum absolute atomic E-state index is 0. The van der Waals surface area contributed by atoms with Gasteiger partial charge in [-0.1, -0.05) is 6.07 Å². The molecule has 140 valence electrons. The van der Waals surface area contributed by atoms with Gasteiger partial charge in [-0.05, 0) is 24.3 Å². The van der Waals surface area contributed by atoms with E-state index in [2.05, 4.69) is 25.9 Å². The highest BCUT2D eigenvalue weighted by Crippen LogP contribution is 2.14. The fraction of sp³-hybridized carbons (Fsp3) is 0.294. The first-order chi connectivity index (χ1) is 12.2.